The van der Waals surface area contributed by atoms with E-state index in [0.717, 1.165) is 0 Å². The van der Waals surface area contributed by atoms with E-state index < -0.39 is 10.0 Å². The fourth-order valence-electron chi connectivity index (χ4n) is 2.35. The topological polar surface area (TPSA) is 92.5 Å². The number of hydrogen-bond donors (Lipinski definition) is 2. The Kier molecular flexibility index (Phi) is 4.01. The molecule has 0 unspecified atom stereocenters. The van der Waals surface area contributed by atoms with Crippen molar-refractivity contribution in [2.24, 2.45) is 0 Å². The molecule has 1 aromatic carbocycles. The van der Waals surface area contributed by atoms with Crippen molar-refractivity contribution in [2.45, 2.75) is 25.2 Å². The number of nitrogens with two attached hydrogens (primary N) is 1. The summed E-state index contributed by atoms with van der Waals surface area (Å²) < 4.78 is 26.8. The lowest BCUT2D eigenvalue weighted by atomic mass is 10.1. The van der Waals surface area contributed by atoms with Gasteiger partial charge < -0.3 is 11.1 Å². The summed E-state index contributed by atoms with van der Waals surface area (Å²) in [4.78, 5) is 11.8. The van der Waals surface area contributed by atoms with Crippen LogP contribution in [0.15, 0.2) is 17.0 Å². The molecule has 0 aromatic heterocycles. The van der Waals surface area contributed by atoms with Gasteiger partial charge >= 0.3 is 0 Å². The van der Waals surface area contributed by atoms with E-state index in [1.807, 2.05) is 0 Å². The standard InChI is InChI=1S/C13H19N3O3S/c1-9-4-5-11(14)10(2)13(9)20(18,19)16-7-3-6-15-12(17)8-16/h4-5H,3,6-8,14H2,1-2H3,(H,15,17). The number of hydrogen-bond acceptors (Lipinski definition) is 4. The number of aryl methyl sites for hydroxylation is 1. The van der Waals surface area contributed by atoms with Gasteiger partial charge in [0.2, 0.25) is 15.9 Å². The summed E-state index contributed by atoms with van der Waals surface area (Å²) in [5.41, 5.74) is 7.43. The van der Waals surface area contributed by atoms with E-state index in [-0.39, 0.29) is 17.3 Å². The van der Waals surface area contributed by atoms with E-state index in [4.69, 9.17) is 5.73 Å². The minimum atomic E-state index is -3.71. The SMILES string of the molecule is Cc1ccc(N)c(C)c1S(=O)(=O)N1CCCNC(=O)C1. The van der Waals surface area contributed by atoms with Gasteiger partial charge in [-0.1, -0.05) is 6.07 Å². The van der Waals surface area contributed by atoms with Gasteiger partial charge in [-0.05, 0) is 37.5 Å². The van der Waals surface area contributed by atoms with Crippen LogP contribution in [0.2, 0.25) is 0 Å². The van der Waals surface area contributed by atoms with Gasteiger partial charge in [-0.3, -0.25) is 4.79 Å². The highest BCUT2D eigenvalue weighted by Gasteiger charge is 2.30. The Morgan fingerprint density at radius 3 is 2.70 bits per heavy atom. The largest absolute Gasteiger partial charge is 0.398 e. The Balaban J connectivity index is 2.50. The quantitative estimate of drug-likeness (QED) is 0.773. The van der Waals surface area contributed by atoms with E-state index in [0.29, 0.717) is 36.3 Å². The van der Waals surface area contributed by atoms with E-state index in [1.165, 1.54) is 4.31 Å². The highest BCUT2D eigenvalue weighted by molar-refractivity contribution is 7.89. The Morgan fingerprint density at radius 2 is 2.00 bits per heavy atom. The van der Waals surface area contributed by atoms with Crippen molar-refractivity contribution in [2.75, 3.05) is 25.4 Å². The van der Waals surface area contributed by atoms with Crippen LogP contribution in [-0.2, 0) is 14.8 Å². The van der Waals surface area contributed by atoms with E-state index >= 15 is 0 Å². The number of amides is 1. The highest BCUT2D eigenvalue weighted by Crippen LogP contribution is 2.27. The highest BCUT2D eigenvalue weighted by atomic mass is 32.2. The van der Waals surface area contributed by atoms with E-state index in [2.05, 4.69) is 5.32 Å². The number of rotatable bonds is 2. The zero-order chi connectivity index (χ0) is 14.9. The van der Waals surface area contributed by atoms with Crippen molar-refractivity contribution in [1.82, 2.24) is 9.62 Å². The number of sulfonamides is 1. The number of carbonyl (C=O) groups is 1. The van der Waals surface area contributed by atoms with Crippen LogP contribution in [0.5, 0.6) is 0 Å². The molecule has 0 atom stereocenters. The zero-order valence-corrected chi connectivity index (χ0v) is 12.5. The minimum Gasteiger partial charge on any atom is -0.398 e. The summed E-state index contributed by atoms with van der Waals surface area (Å²) in [6.07, 6.45) is 0.603. The van der Waals surface area contributed by atoms with Crippen LogP contribution in [0.1, 0.15) is 17.5 Å². The lowest BCUT2D eigenvalue weighted by Gasteiger charge is -2.22. The molecule has 0 radical (unpaired) electrons. The molecular weight excluding hydrogens is 278 g/mol. The Hall–Kier alpha value is -1.60. The maximum absolute atomic E-state index is 12.8. The van der Waals surface area contributed by atoms with Crippen molar-refractivity contribution >= 4 is 21.6 Å². The van der Waals surface area contributed by atoms with E-state index in [9.17, 15) is 13.2 Å². The molecule has 20 heavy (non-hydrogen) atoms. The molecule has 1 heterocycles. The molecular formula is C13H19N3O3S. The molecule has 3 N–H and O–H groups in total. The second kappa shape index (κ2) is 5.41. The third-order valence-corrected chi connectivity index (χ3v) is 5.60. The van der Waals surface area contributed by atoms with Crippen LogP contribution in [0, 0.1) is 13.8 Å². The predicted molar refractivity (Wildman–Crippen MR) is 76.7 cm³/mol. The van der Waals surface area contributed by atoms with Gasteiger partial charge in [0.15, 0.2) is 0 Å². The molecule has 6 nitrogen and oxygen atoms in total. The van der Waals surface area contributed by atoms with Crippen LogP contribution in [0.3, 0.4) is 0 Å². The normalized spacial score (nSPS) is 17.6. The summed E-state index contributed by atoms with van der Waals surface area (Å²) in [6.45, 7) is 4.11. The first-order valence-corrected chi connectivity index (χ1v) is 7.90. The van der Waals surface area contributed by atoms with Crippen LogP contribution >= 0.6 is 0 Å². The molecule has 110 valence electrons. The van der Waals surface area contributed by atoms with Crippen molar-refractivity contribution in [1.29, 1.82) is 0 Å². The lowest BCUT2D eigenvalue weighted by molar-refractivity contribution is -0.120. The number of nitrogens with zero attached hydrogens (tertiary/aromatic N) is 1. The molecule has 7 heteroatoms. The number of anilines is 1. The average molecular weight is 297 g/mol. The van der Waals surface area contributed by atoms with Gasteiger partial charge in [0, 0.05) is 18.8 Å². The second-order valence-corrected chi connectivity index (χ2v) is 6.84. The maximum Gasteiger partial charge on any atom is 0.244 e. The van der Waals surface area contributed by atoms with Crippen molar-refractivity contribution < 1.29 is 13.2 Å². The van der Waals surface area contributed by atoms with Crippen molar-refractivity contribution in [3.63, 3.8) is 0 Å². The molecule has 1 aliphatic heterocycles. The Bertz CT molecular complexity index is 641. The van der Waals surface area contributed by atoms with Gasteiger partial charge in [0.05, 0.1) is 11.4 Å². The minimum absolute atomic E-state index is 0.143. The molecule has 0 aliphatic carbocycles. The zero-order valence-electron chi connectivity index (χ0n) is 11.6. The number of nitrogen functional groups attached to an aromatic ring is 1. The maximum atomic E-state index is 12.8. The van der Waals surface area contributed by atoms with Crippen LogP contribution in [0.4, 0.5) is 5.69 Å². The van der Waals surface area contributed by atoms with Crippen LogP contribution in [0.25, 0.3) is 0 Å². The summed E-state index contributed by atoms with van der Waals surface area (Å²) in [7, 11) is -3.71. The monoisotopic (exact) mass is 297 g/mol. The summed E-state index contributed by atoms with van der Waals surface area (Å²) in [6, 6.07) is 3.38. The van der Waals surface area contributed by atoms with Gasteiger partial charge in [-0.15, -0.1) is 0 Å². The molecule has 0 saturated carbocycles. The number of nitrogens with one attached hydrogen (secondary N) is 1. The molecule has 2 rings (SSSR count). The fraction of sp³-hybridized carbons (Fsp3) is 0.462. The summed E-state index contributed by atoms with van der Waals surface area (Å²) in [5, 5.41) is 2.67. The summed E-state index contributed by atoms with van der Waals surface area (Å²) >= 11 is 0. The van der Waals surface area contributed by atoms with Gasteiger partial charge in [-0.2, -0.15) is 4.31 Å². The predicted octanol–water partition coefficient (Wildman–Crippen LogP) is 0.396. The van der Waals surface area contributed by atoms with E-state index in [1.54, 1.807) is 26.0 Å². The summed E-state index contributed by atoms with van der Waals surface area (Å²) in [5.74, 6) is -0.273. The average Bonchev–Trinajstić information content (AvgIpc) is 2.59. The second-order valence-electron chi connectivity index (χ2n) is 4.97. The molecule has 1 fully saturated rings. The fourth-order valence-corrected chi connectivity index (χ4v) is 4.25. The molecule has 0 spiro atoms. The Morgan fingerprint density at radius 1 is 1.30 bits per heavy atom. The van der Waals surface area contributed by atoms with Gasteiger partial charge in [0.1, 0.15) is 0 Å². The van der Waals surface area contributed by atoms with Crippen molar-refractivity contribution in [3.05, 3.63) is 23.3 Å². The Labute approximate surface area is 119 Å². The van der Waals surface area contributed by atoms with Gasteiger partial charge in [0.25, 0.3) is 0 Å². The molecule has 1 aliphatic rings. The smallest absolute Gasteiger partial charge is 0.244 e. The molecule has 1 saturated heterocycles. The van der Waals surface area contributed by atoms with Gasteiger partial charge in [-0.25, -0.2) is 8.42 Å². The third kappa shape index (κ3) is 2.64. The van der Waals surface area contributed by atoms with Crippen LogP contribution < -0.4 is 11.1 Å². The molecule has 1 aromatic rings. The lowest BCUT2D eigenvalue weighted by Crippen LogP contribution is -2.38. The van der Waals surface area contributed by atoms with Crippen molar-refractivity contribution in [3.8, 4) is 0 Å². The number of carbonyl (C=O) groups excluding carboxylic acids is 1. The first-order chi connectivity index (χ1) is 9.34. The number of benzene rings is 1. The molecule has 1 amide bonds. The third-order valence-electron chi connectivity index (χ3n) is 3.47. The molecule has 0 bridgehead atoms. The first kappa shape index (κ1) is 14.8. The first-order valence-electron chi connectivity index (χ1n) is 6.46. The van der Waals surface area contributed by atoms with Crippen LogP contribution in [-0.4, -0.2) is 38.3 Å².